The van der Waals surface area contributed by atoms with E-state index in [1.54, 1.807) is 10.9 Å². The summed E-state index contributed by atoms with van der Waals surface area (Å²) in [7, 11) is 3.85. The van der Waals surface area contributed by atoms with Crippen LogP contribution < -0.4 is 18.9 Å². The molecule has 0 aliphatic rings. The van der Waals surface area contributed by atoms with E-state index < -0.39 is 0 Å². The van der Waals surface area contributed by atoms with Crippen molar-refractivity contribution in [3.63, 3.8) is 0 Å². The number of nitrogens with zero attached hydrogens (tertiary/aromatic N) is 3. The van der Waals surface area contributed by atoms with Crippen molar-refractivity contribution < 1.29 is 18.9 Å². The first-order valence-electron chi connectivity index (χ1n) is 3.80. The van der Waals surface area contributed by atoms with Crippen LogP contribution in [-0.2, 0) is 14.1 Å². The molecule has 0 bridgehead atoms. The third-order valence-corrected chi connectivity index (χ3v) is 1.77. The predicted molar refractivity (Wildman–Crippen MR) is 55.2 cm³/mol. The van der Waals surface area contributed by atoms with E-state index in [9.17, 15) is 0 Å². The maximum atomic E-state index is 3.89. The van der Waals surface area contributed by atoms with E-state index in [-0.39, 0.29) is 18.9 Å². The van der Waals surface area contributed by atoms with Crippen molar-refractivity contribution in [1.82, 2.24) is 14.3 Å². The number of halogens is 1. The summed E-state index contributed by atoms with van der Waals surface area (Å²) in [5.74, 6) is 0. The van der Waals surface area contributed by atoms with Crippen molar-refractivity contribution in [1.29, 1.82) is 0 Å². The first kappa shape index (κ1) is 13.6. The summed E-state index contributed by atoms with van der Waals surface area (Å²) in [6.07, 6.45) is 7.46. The van der Waals surface area contributed by atoms with Crippen LogP contribution in [0.4, 0.5) is 0 Å². The molecule has 0 N–H and O–H groups in total. The molecule has 2 heterocycles. The molecular formula is C9H11BrLiN3. The van der Waals surface area contributed by atoms with Gasteiger partial charge in [-0.3, -0.25) is 4.68 Å². The second-order valence-corrected chi connectivity index (χ2v) is 3.52. The van der Waals surface area contributed by atoms with Gasteiger partial charge < -0.3 is 4.57 Å². The van der Waals surface area contributed by atoms with Gasteiger partial charge in [-0.05, 0) is 23.0 Å². The molecule has 0 amide bonds. The van der Waals surface area contributed by atoms with Gasteiger partial charge in [-0.15, -0.1) is 12.4 Å². The van der Waals surface area contributed by atoms with Crippen LogP contribution in [0.5, 0.6) is 0 Å². The third-order valence-electron chi connectivity index (χ3n) is 1.36. The fourth-order valence-electron chi connectivity index (χ4n) is 0.756. The van der Waals surface area contributed by atoms with Gasteiger partial charge in [-0.25, -0.2) is 12.1 Å². The van der Waals surface area contributed by atoms with Gasteiger partial charge in [-0.1, -0.05) is 0 Å². The minimum Gasteiger partial charge on any atom is -0.451 e. The summed E-state index contributed by atoms with van der Waals surface area (Å²) >= 11 is 3.25. The zero-order chi connectivity index (χ0) is 9.68. The second kappa shape index (κ2) is 6.94. The van der Waals surface area contributed by atoms with Crippen LogP contribution in [0, 0.1) is 6.07 Å². The van der Waals surface area contributed by atoms with Gasteiger partial charge in [0, 0.05) is 13.2 Å². The largest absolute Gasteiger partial charge is 1.00 e. The summed E-state index contributed by atoms with van der Waals surface area (Å²) in [5, 5.41) is 3.89. The van der Waals surface area contributed by atoms with Gasteiger partial charge in [-0.2, -0.15) is 5.10 Å². The zero-order valence-electron chi connectivity index (χ0n) is 8.61. The molecule has 3 nitrogen and oxygen atoms in total. The van der Waals surface area contributed by atoms with E-state index in [0.29, 0.717) is 0 Å². The predicted octanol–water partition coefficient (Wildman–Crippen LogP) is -0.988. The number of hydrogen-bond acceptors (Lipinski definition) is 1. The Labute approximate surface area is 104 Å². The molecule has 0 atom stereocenters. The molecule has 0 aromatic carbocycles. The Morgan fingerprint density at radius 3 is 2.29 bits per heavy atom. The molecule has 0 saturated heterocycles. The fourth-order valence-corrected chi connectivity index (χ4v) is 1.14. The van der Waals surface area contributed by atoms with Crippen LogP contribution in [-0.4, -0.2) is 14.3 Å². The van der Waals surface area contributed by atoms with Crippen molar-refractivity contribution in [2.24, 2.45) is 14.1 Å². The molecule has 70 valence electrons. The number of aryl methyl sites for hydroxylation is 2. The van der Waals surface area contributed by atoms with Crippen molar-refractivity contribution >= 4 is 15.9 Å². The maximum Gasteiger partial charge on any atom is 1.00 e. The van der Waals surface area contributed by atoms with E-state index in [2.05, 4.69) is 27.1 Å². The van der Waals surface area contributed by atoms with E-state index >= 15 is 0 Å². The molecule has 14 heavy (non-hydrogen) atoms. The van der Waals surface area contributed by atoms with Crippen LogP contribution in [0.1, 0.15) is 0 Å². The second-order valence-electron chi connectivity index (χ2n) is 2.61. The van der Waals surface area contributed by atoms with Gasteiger partial charge in [0.1, 0.15) is 0 Å². The standard InChI is InChI=1S/C5H6N.C4H5BrN2.Li/c1-6-4-2-3-5-6;1-7-3-4(5)2-6-7;/h2,4-5H,1H3;2-3H,1H3;/q-1;;+1. The van der Waals surface area contributed by atoms with Crippen molar-refractivity contribution in [2.45, 2.75) is 0 Å². The Kier molecular flexibility index (Phi) is 6.72. The molecule has 2 aromatic heterocycles. The van der Waals surface area contributed by atoms with Gasteiger partial charge in [0.2, 0.25) is 0 Å². The van der Waals surface area contributed by atoms with E-state index in [4.69, 9.17) is 0 Å². The molecule has 0 fully saturated rings. The summed E-state index contributed by atoms with van der Waals surface area (Å²) < 4.78 is 4.71. The Morgan fingerprint density at radius 1 is 1.43 bits per heavy atom. The first-order valence-corrected chi connectivity index (χ1v) is 4.60. The average Bonchev–Trinajstić information content (AvgIpc) is 2.64. The van der Waals surface area contributed by atoms with Crippen LogP contribution in [0.15, 0.2) is 35.3 Å². The maximum absolute atomic E-state index is 3.89. The molecule has 0 spiro atoms. The smallest absolute Gasteiger partial charge is 0.451 e. The van der Waals surface area contributed by atoms with Crippen LogP contribution >= 0.6 is 15.9 Å². The summed E-state index contributed by atoms with van der Waals surface area (Å²) in [6, 6.07) is 4.77. The van der Waals surface area contributed by atoms with Crippen molar-refractivity contribution in [3.05, 3.63) is 41.4 Å². The normalized spacial score (nSPS) is 8.50. The van der Waals surface area contributed by atoms with Crippen LogP contribution in [0.2, 0.25) is 0 Å². The SMILES string of the molecule is Cn1c[c-]cc1.Cn1cc(Br)cn1.[Li+]. The molecule has 2 aromatic rings. The number of aromatic nitrogens is 3. The molecule has 5 heteroatoms. The topological polar surface area (TPSA) is 22.8 Å². The molecular weight excluding hydrogens is 237 g/mol. The fraction of sp³-hybridized carbons (Fsp3) is 0.222. The van der Waals surface area contributed by atoms with Crippen molar-refractivity contribution in [2.75, 3.05) is 0 Å². The molecule has 0 saturated carbocycles. The van der Waals surface area contributed by atoms with Gasteiger partial charge in [0.25, 0.3) is 0 Å². The summed E-state index contributed by atoms with van der Waals surface area (Å²) in [4.78, 5) is 0. The zero-order valence-corrected chi connectivity index (χ0v) is 10.2. The minimum absolute atomic E-state index is 0. The molecule has 0 aliphatic heterocycles. The van der Waals surface area contributed by atoms with Gasteiger partial charge in [0.05, 0.1) is 10.7 Å². The third kappa shape index (κ3) is 5.33. The Bertz CT molecular complexity index is 326. The number of rotatable bonds is 0. The van der Waals surface area contributed by atoms with Crippen LogP contribution in [0.3, 0.4) is 0 Å². The van der Waals surface area contributed by atoms with Crippen molar-refractivity contribution in [3.8, 4) is 0 Å². The Balaban J connectivity index is 0.000000227. The number of hydrogen-bond donors (Lipinski definition) is 0. The van der Waals surface area contributed by atoms with Crippen LogP contribution in [0.25, 0.3) is 0 Å². The molecule has 0 radical (unpaired) electrons. The molecule has 0 unspecified atom stereocenters. The Morgan fingerprint density at radius 2 is 2.14 bits per heavy atom. The average molecular weight is 248 g/mol. The molecule has 0 aliphatic carbocycles. The summed E-state index contributed by atoms with van der Waals surface area (Å²) in [6.45, 7) is 0. The monoisotopic (exact) mass is 247 g/mol. The van der Waals surface area contributed by atoms with Gasteiger partial charge in [0.15, 0.2) is 0 Å². The van der Waals surface area contributed by atoms with E-state index in [0.717, 1.165) is 4.47 Å². The summed E-state index contributed by atoms with van der Waals surface area (Å²) in [5.41, 5.74) is 0. The minimum atomic E-state index is 0. The van der Waals surface area contributed by atoms with Gasteiger partial charge >= 0.3 is 18.9 Å². The van der Waals surface area contributed by atoms with E-state index in [1.807, 2.05) is 43.3 Å². The first-order chi connectivity index (χ1) is 6.18. The van der Waals surface area contributed by atoms with E-state index in [1.165, 1.54) is 0 Å². The molecule has 2 rings (SSSR count). The Hall–Kier alpha value is -0.433. The quantitative estimate of drug-likeness (QED) is 0.433.